The van der Waals surface area contributed by atoms with Crippen LogP contribution in [0.2, 0.25) is 0 Å². The molecule has 0 saturated heterocycles. The first-order valence-corrected chi connectivity index (χ1v) is 5.32. The van der Waals surface area contributed by atoms with Crippen molar-refractivity contribution in [2.45, 2.75) is 38.9 Å². The number of aliphatic hydroxyl groups is 1. The van der Waals surface area contributed by atoms with Gasteiger partial charge in [-0.1, -0.05) is 6.07 Å². The highest BCUT2D eigenvalue weighted by Gasteiger charge is 2.37. The van der Waals surface area contributed by atoms with Crippen LogP contribution < -0.4 is 9.47 Å². The van der Waals surface area contributed by atoms with Crippen molar-refractivity contribution in [3.05, 3.63) is 24.3 Å². The topological polar surface area (TPSA) is 38.7 Å². The van der Waals surface area contributed by atoms with Crippen LogP contribution >= 0.6 is 0 Å². The molecule has 1 rings (SSSR count). The van der Waals surface area contributed by atoms with E-state index in [9.17, 15) is 5.11 Å². The fraction of sp³-hybridized carbons (Fsp3) is 0.538. The molecule has 0 unspecified atom stereocenters. The number of hydrogen-bond donors (Lipinski definition) is 1. The van der Waals surface area contributed by atoms with E-state index in [1.807, 2.05) is 32.0 Å². The van der Waals surface area contributed by atoms with E-state index in [1.54, 1.807) is 27.0 Å². The molecule has 0 aliphatic carbocycles. The van der Waals surface area contributed by atoms with E-state index in [2.05, 4.69) is 0 Å². The van der Waals surface area contributed by atoms with E-state index >= 15 is 0 Å². The van der Waals surface area contributed by atoms with Crippen LogP contribution in [0, 0.1) is 0 Å². The molecule has 0 fully saturated rings. The second kappa shape index (κ2) is 5.45. The Morgan fingerprint density at radius 2 is 1.59 bits per heavy atom. The lowest BCUT2D eigenvalue weighted by atomic mass is 9.89. The Morgan fingerprint density at radius 3 is 2.06 bits per heavy atom. The van der Waals surface area contributed by atoms with Crippen LogP contribution in [0.15, 0.2) is 24.3 Å². The second-order valence-electron chi connectivity index (χ2n) is 4.85. The Bertz CT molecular complexity index is 356. The van der Waals surface area contributed by atoms with Gasteiger partial charge in [0, 0.05) is 14.5 Å². The Morgan fingerprint density at radius 1 is 1.06 bits per heavy atom. The van der Waals surface area contributed by atoms with Crippen molar-refractivity contribution in [2.24, 2.45) is 0 Å². The highest BCUT2D eigenvalue weighted by Crippen LogP contribution is 2.29. The van der Waals surface area contributed by atoms with E-state index in [0.29, 0.717) is 5.75 Å². The fourth-order valence-corrected chi connectivity index (χ4v) is 1.08. The summed E-state index contributed by atoms with van der Waals surface area (Å²) < 4.78 is 10.9. The summed E-state index contributed by atoms with van der Waals surface area (Å²) in [4.78, 5) is 0. The molecular formula is C13H20BO3. The smallest absolute Gasteiger partial charge is 0.131 e. The first kappa shape index (κ1) is 15.8. The molecule has 0 aromatic heterocycles. The van der Waals surface area contributed by atoms with Crippen LogP contribution in [0.1, 0.15) is 27.7 Å². The van der Waals surface area contributed by atoms with E-state index in [4.69, 9.17) is 9.47 Å². The second-order valence-corrected chi connectivity index (χ2v) is 4.85. The average Bonchev–Trinajstić information content (AvgIpc) is 2.15. The van der Waals surface area contributed by atoms with Gasteiger partial charge in [-0.05, 0) is 39.8 Å². The SMILES string of the molecule is COc1cccc(OC(C)(C)C(C)(C)O)c1.[B]. The molecule has 0 heterocycles. The maximum absolute atomic E-state index is 9.98. The van der Waals surface area contributed by atoms with Crippen LogP contribution in [0.3, 0.4) is 0 Å². The zero-order valence-corrected chi connectivity index (χ0v) is 11.2. The summed E-state index contributed by atoms with van der Waals surface area (Å²) >= 11 is 0. The van der Waals surface area contributed by atoms with Gasteiger partial charge in [-0.15, -0.1) is 0 Å². The van der Waals surface area contributed by atoms with Crippen molar-refractivity contribution >= 4 is 8.41 Å². The van der Waals surface area contributed by atoms with Gasteiger partial charge in [0.15, 0.2) is 0 Å². The van der Waals surface area contributed by atoms with Crippen molar-refractivity contribution < 1.29 is 14.6 Å². The molecule has 1 N–H and O–H groups in total. The number of ether oxygens (including phenoxy) is 2. The summed E-state index contributed by atoms with van der Waals surface area (Å²) in [6.45, 7) is 7.17. The van der Waals surface area contributed by atoms with Crippen LogP contribution in [0.4, 0.5) is 0 Å². The zero-order chi connectivity index (χ0) is 12.4. The quantitative estimate of drug-likeness (QED) is 0.813. The third-order valence-corrected chi connectivity index (χ3v) is 2.89. The Balaban J connectivity index is 0.00000256. The average molecular weight is 235 g/mol. The number of methoxy groups -OCH3 is 1. The molecule has 3 nitrogen and oxygen atoms in total. The summed E-state index contributed by atoms with van der Waals surface area (Å²) in [6.07, 6.45) is 0. The highest BCUT2D eigenvalue weighted by atomic mass is 16.5. The minimum atomic E-state index is -0.921. The molecule has 1 aromatic carbocycles. The third-order valence-electron chi connectivity index (χ3n) is 2.89. The lowest BCUT2D eigenvalue weighted by molar-refractivity contribution is -0.0907. The van der Waals surface area contributed by atoms with E-state index < -0.39 is 11.2 Å². The lowest BCUT2D eigenvalue weighted by Crippen LogP contribution is -2.49. The van der Waals surface area contributed by atoms with Gasteiger partial charge in [-0.25, -0.2) is 0 Å². The lowest BCUT2D eigenvalue weighted by Gasteiger charge is -2.37. The van der Waals surface area contributed by atoms with Gasteiger partial charge in [0.1, 0.15) is 17.1 Å². The molecule has 0 aliphatic heterocycles. The molecule has 3 radical (unpaired) electrons. The fourth-order valence-electron chi connectivity index (χ4n) is 1.08. The molecule has 0 saturated carbocycles. The molecule has 93 valence electrons. The minimum Gasteiger partial charge on any atom is -0.497 e. The predicted octanol–water partition coefficient (Wildman–Crippen LogP) is 2.24. The van der Waals surface area contributed by atoms with Crippen LogP contribution in [0.25, 0.3) is 0 Å². The van der Waals surface area contributed by atoms with Crippen LogP contribution in [-0.4, -0.2) is 31.8 Å². The third kappa shape index (κ3) is 3.97. The molecule has 1 aromatic rings. The monoisotopic (exact) mass is 235 g/mol. The highest BCUT2D eigenvalue weighted by molar-refractivity contribution is 5.75. The molecule has 0 atom stereocenters. The molecular weight excluding hydrogens is 215 g/mol. The van der Waals surface area contributed by atoms with Gasteiger partial charge >= 0.3 is 0 Å². The molecule has 0 spiro atoms. The van der Waals surface area contributed by atoms with Gasteiger partial charge < -0.3 is 14.6 Å². The van der Waals surface area contributed by atoms with Gasteiger partial charge in [0.05, 0.1) is 12.7 Å². The van der Waals surface area contributed by atoms with Crippen molar-refractivity contribution in [3.63, 3.8) is 0 Å². The maximum Gasteiger partial charge on any atom is 0.131 e. The largest absolute Gasteiger partial charge is 0.497 e. The van der Waals surface area contributed by atoms with Crippen molar-refractivity contribution in [3.8, 4) is 11.5 Å². The summed E-state index contributed by atoms with van der Waals surface area (Å²) in [5.41, 5.74) is -1.59. The zero-order valence-electron chi connectivity index (χ0n) is 11.2. The van der Waals surface area contributed by atoms with E-state index in [-0.39, 0.29) is 8.41 Å². The standard InChI is InChI=1S/C13H20O3.B/c1-12(2,14)13(3,4)16-11-8-6-7-10(9-11)15-5;/h6-9,14H,1-5H3;. The predicted molar refractivity (Wildman–Crippen MR) is 69.8 cm³/mol. The first-order chi connectivity index (χ1) is 7.26. The van der Waals surface area contributed by atoms with Crippen LogP contribution in [0.5, 0.6) is 11.5 Å². The summed E-state index contributed by atoms with van der Waals surface area (Å²) in [5, 5.41) is 9.98. The molecule has 0 bridgehead atoms. The van der Waals surface area contributed by atoms with Gasteiger partial charge in [-0.3, -0.25) is 0 Å². The summed E-state index contributed by atoms with van der Waals surface area (Å²) in [7, 11) is 1.61. The van der Waals surface area contributed by atoms with Gasteiger partial charge in [-0.2, -0.15) is 0 Å². The Kier molecular flexibility index (Phi) is 5.08. The number of hydrogen-bond acceptors (Lipinski definition) is 3. The minimum absolute atomic E-state index is 0. The molecule has 0 aliphatic rings. The first-order valence-electron chi connectivity index (χ1n) is 5.32. The van der Waals surface area contributed by atoms with Crippen molar-refractivity contribution in [1.82, 2.24) is 0 Å². The normalized spacial score (nSPS) is 11.6. The molecule has 4 heteroatoms. The molecule has 17 heavy (non-hydrogen) atoms. The van der Waals surface area contributed by atoms with Crippen molar-refractivity contribution in [2.75, 3.05) is 7.11 Å². The van der Waals surface area contributed by atoms with E-state index in [0.717, 1.165) is 5.75 Å². The Labute approximate surface area is 105 Å². The summed E-state index contributed by atoms with van der Waals surface area (Å²) in [5.74, 6) is 1.43. The number of benzene rings is 1. The number of rotatable bonds is 4. The van der Waals surface area contributed by atoms with Gasteiger partial charge in [0.2, 0.25) is 0 Å². The van der Waals surface area contributed by atoms with Crippen molar-refractivity contribution in [1.29, 1.82) is 0 Å². The van der Waals surface area contributed by atoms with E-state index in [1.165, 1.54) is 0 Å². The Hall–Kier alpha value is -1.16. The molecule has 0 amide bonds. The summed E-state index contributed by atoms with van der Waals surface area (Å²) in [6, 6.07) is 7.35. The maximum atomic E-state index is 9.98. The van der Waals surface area contributed by atoms with Crippen LogP contribution in [-0.2, 0) is 0 Å². The van der Waals surface area contributed by atoms with Gasteiger partial charge in [0.25, 0.3) is 0 Å².